The van der Waals surface area contributed by atoms with E-state index in [1.165, 1.54) is 12.1 Å². The largest absolute Gasteiger partial charge is 0.508 e. The molecule has 8 nitrogen and oxygen atoms in total. The molecule has 0 radical (unpaired) electrons. The summed E-state index contributed by atoms with van der Waals surface area (Å²) in [6, 6.07) is 26.0. The number of fused-ring (bicyclic) bond motifs is 2. The molecular weight excluding hydrogens is 548 g/mol. The molecule has 214 valence electrons. The molecule has 0 aliphatic carbocycles. The molecule has 43 heavy (non-hydrogen) atoms. The maximum atomic E-state index is 11.8. The van der Waals surface area contributed by atoms with Crippen molar-refractivity contribution in [1.29, 1.82) is 0 Å². The number of ether oxygens (including phenoxy) is 2. The first kappa shape index (κ1) is 26.3. The Bertz CT molecular complexity index is 1840. The number of phenolic OH excluding ortho intramolecular Hbond substituents is 5. The Kier molecular flexibility index (Phi) is 6.13. The second kappa shape index (κ2) is 10.0. The van der Waals surface area contributed by atoms with Crippen molar-refractivity contribution in [3.05, 3.63) is 136 Å². The summed E-state index contributed by atoms with van der Waals surface area (Å²) < 4.78 is 13.0. The molecule has 0 aromatic heterocycles. The zero-order valence-corrected chi connectivity index (χ0v) is 22.6. The van der Waals surface area contributed by atoms with Crippen LogP contribution in [0.15, 0.2) is 97.1 Å². The minimum absolute atomic E-state index is 0.0398. The topological polar surface area (TPSA) is 137 Å². The van der Waals surface area contributed by atoms with E-state index in [0.29, 0.717) is 33.8 Å². The predicted molar refractivity (Wildman–Crippen MR) is 156 cm³/mol. The van der Waals surface area contributed by atoms with Crippen LogP contribution in [0.2, 0.25) is 0 Å². The number of hydrogen-bond acceptors (Lipinski definition) is 8. The molecule has 8 heteroatoms. The van der Waals surface area contributed by atoms with E-state index in [1.54, 1.807) is 84.9 Å². The van der Waals surface area contributed by atoms with Crippen LogP contribution in [0.4, 0.5) is 0 Å². The van der Waals surface area contributed by atoms with Crippen LogP contribution >= 0.6 is 0 Å². The lowest BCUT2D eigenvalue weighted by molar-refractivity contribution is 0.112. The van der Waals surface area contributed by atoms with Crippen LogP contribution in [-0.4, -0.2) is 31.8 Å². The average molecular weight is 575 g/mol. The highest BCUT2D eigenvalue weighted by Crippen LogP contribution is 2.58. The molecule has 2 aliphatic rings. The molecule has 0 spiro atoms. The van der Waals surface area contributed by atoms with E-state index in [9.17, 15) is 30.3 Å². The van der Waals surface area contributed by atoms with Crippen molar-refractivity contribution in [3.63, 3.8) is 0 Å². The summed E-state index contributed by atoms with van der Waals surface area (Å²) in [5.41, 5.74) is 4.65. The predicted octanol–water partition coefficient (Wildman–Crippen LogP) is 6.56. The summed E-state index contributed by atoms with van der Waals surface area (Å²) in [4.78, 5) is 11.8. The molecule has 7 rings (SSSR count). The number of rotatable bonds is 5. The van der Waals surface area contributed by atoms with Gasteiger partial charge < -0.3 is 35.0 Å². The number of carbonyl (C=O) groups excluding carboxylic acids is 1. The first-order chi connectivity index (χ1) is 20.8. The fourth-order valence-electron chi connectivity index (χ4n) is 6.35. The summed E-state index contributed by atoms with van der Waals surface area (Å²) in [5.74, 6) is -0.194. The summed E-state index contributed by atoms with van der Waals surface area (Å²) in [5, 5.41) is 51.9. The van der Waals surface area contributed by atoms with Gasteiger partial charge in [-0.25, -0.2) is 0 Å². The van der Waals surface area contributed by atoms with Crippen LogP contribution in [0, 0.1) is 0 Å². The second-order valence-electron chi connectivity index (χ2n) is 10.9. The Morgan fingerprint density at radius 3 is 1.65 bits per heavy atom. The third-order valence-corrected chi connectivity index (χ3v) is 8.15. The van der Waals surface area contributed by atoms with E-state index >= 15 is 0 Å². The molecule has 5 aromatic carbocycles. The summed E-state index contributed by atoms with van der Waals surface area (Å²) in [7, 11) is 0. The number of carbonyl (C=O) groups is 1. The lowest BCUT2D eigenvalue weighted by atomic mass is 9.76. The fourth-order valence-corrected chi connectivity index (χ4v) is 6.35. The van der Waals surface area contributed by atoms with Crippen LogP contribution < -0.4 is 9.47 Å². The van der Waals surface area contributed by atoms with Gasteiger partial charge in [-0.05, 0) is 82.9 Å². The van der Waals surface area contributed by atoms with Gasteiger partial charge >= 0.3 is 0 Å². The Morgan fingerprint density at radius 1 is 0.488 bits per heavy atom. The standard InChI is InChI=1S/C35H26O8/c36-17-18-1-10-29-27(11-18)32(35(42-29)20-4-8-23(38)9-5-20)28-15-26(41)16-30-33(28)31(21-12-24(39)14-25(40)13-21)34(43-30)19-2-6-22(37)7-3-19/h1-17,31-32,34-35,37-41H. The van der Waals surface area contributed by atoms with Crippen LogP contribution in [0.1, 0.15) is 67.8 Å². The van der Waals surface area contributed by atoms with E-state index in [0.717, 1.165) is 23.0 Å². The Hall–Kier alpha value is -5.63. The number of aldehydes is 1. The molecule has 0 bridgehead atoms. The van der Waals surface area contributed by atoms with E-state index in [2.05, 4.69) is 0 Å². The number of hydrogen-bond donors (Lipinski definition) is 5. The van der Waals surface area contributed by atoms with Crippen molar-refractivity contribution >= 4 is 6.29 Å². The molecule has 0 saturated carbocycles. The van der Waals surface area contributed by atoms with Crippen molar-refractivity contribution in [2.45, 2.75) is 24.0 Å². The molecule has 4 atom stereocenters. The normalized spacial score (nSPS) is 20.1. The highest BCUT2D eigenvalue weighted by molar-refractivity contribution is 5.76. The number of aromatic hydroxyl groups is 5. The zero-order valence-electron chi connectivity index (χ0n) is 22.6. The smallest absolute Gasteiger partial charge is 0.150 e. The van der Waals surface area contributed by atoms with Gasteiger partial charge in [0.15, 0.2) is 0 Å². The first-order valence-corrected chi connectivity index (χ1v) is 13.7. The van der Waals surface area contributed by atoms with Crippen molar-refractivity contribution < 1.29 is 39.8 Å². The van der Waals surface area contributed by atoms with Crippen LogP contribution in [-0.2, 0) is 0 Å². The van der Waals surface area contributed by atoms with Gasteiger partial charge in [0.2, 0.25) is 0 Å². The van der Waals surface area contributed by atoms with Gasteiger partial charge in [-0.2, -0.15) is 0 Å². The SMILES string of the molecule is O=Cc1ccc2c(c1)C(c1cc(O)cc3c1C(c1cc(O)cc(O)c1)C(c1ccc(O)cc1)O3)C(c1ccc(O)cc1)O2. The Labute approximate surface area is 246 Å². The van der Waals surface area contributed by atoms with Crippen molar-refractivity contribution in [3.8, 4) is 40.2 Å². The van der Waals surface area contributed by atoms with Crippen LogP contribution in [0.25, 0.3) is 0 Å². The lowest BCUT2D eigenvalue weighted by Crippen LogP contribution is -2.16. The van der Waals surface area contributed by atoms with Gasteiger partial charge in [-0.15, -0.1) is 0 Å². The van der Waals surface area contributed by atoms with E-state index in [1.807, 2.05) is 0 Å². The molecule has 0 saturated heterocycles. The molecule has 0 amide bonds. The molecule has 2 heterocycles. The molecule has 5 N–H and O–H groups in total. The van der Waals surface area contributed by atoms with Gasteiger partial charge in [0.1, 0.15) is 58.7 Å². The third-order valence-electron chi connectivity index (χ3n) is 8.15. The molecule has 2 aliphatic heterocycles. The van der Waals surface area contributed by atoms with Gasteiger partial charge in [-0.1, -0.05) is 24.3 Å². The monoisotopic (exact) mass is 574 g/mol. The minimum atomic E-state index is -0.646. The average Bonchev–Trinajstić information content (AvgIpc) is 3.55. The number of benzene rings is 5. The lowest BCUT2D eigenvalue weighted by Gasteiger charge is -2.26. The van der Waals surface area contributed by atoms with E-state index < -0.39 is 24.0 Å². The quantitative estimate of drug-likeness (QED) is 0.149. The highest BCUT2D eigenvalue weighted by Gasteiger charge is 2.45. The molecule has 4 unspecified atom stereocenters. The van der Waals surface area contributed by atoms with Gasteiger partial charge in [0.05, 0.1) is 11.8 Å². The summed E-state index contributed by atoms with van der Waals surface area (Å²) in [6.07, 6.45) is -0.470. The van der Waals surface area contributed by atoms with Crippen LogP contribution in [0.5, 0.6) is 40.2 Å². The van der Waals surface area contributed by atoms with E-state index in [-0.39, 0.29) is 28.7 Å². The van der Waals surface area contributed by atoms with Crippen LogP contribution in [0.3, 0.4) is 0 Å². The van der Waals surface area contributed by atoms with Gasteiger partial charge in [-0.3, -0.25) is 4.79 Å². The Morgan fingerprint density at radius 2 is 1.05 bits per heavy atom. The zero-order chi connectivity index (χ0) is 29.8. The minimum Gasteiger partial charge on any atom is -0.508 e. The van der Waals surface area contributed by atoms with Gasteiger partial charge in [0, 0.05) is 28.8 Å². The molecule has 5 aromatic rings. The first-order valence-electron chi connectivity index (χ1n) is 13.7. The third kappa shape index (κ3) is 4.53. The van der Waals surface area contributed by atoms with Crippen molar-refractivity contribution in [2.24, 2.45) is 0 Å². The summed E-state index contributed by atoms with van der Waals surface area (Å²) in [6.45, 7) is 0. The maximum Gasteiger partial charge on any atom is 0.150 e. The maximum absolute atomic E-state index is 11.8. The number of phenols is 5. The fraction of sp³-hybridized carbons (Fsp3) is 0.114. The molecule has 0 fully saturated rings. The Balaban J connectivity index is 1.48. The van der Waals surface area contributed by atoms with Crippen molar-refractivity contribution in [1.82, 2.24) is 0 Å². The van der Waals surface area contributed by atoms with E-state index in [4.69, 9.17) is 9.47 Å². The van der Waals surface area contributed by atoms with Gasteiger partial charge in [0.25, 0.3) is 0 Å². The molecular formula is C35H26O8. The summed E-state index contributed by atoms with van der Waals surface area (Å²) >= 11 is 0. The highest BCUT2D eigenvalue weighted by atomic mass is 16.5. The van der Waals surface area contributed by atoms with Crippen molar-refractivity contribution in [2.75, 3.05) is 0 Å². The second-order valence-corrected chi connectivity index (χ2v) is 10.9.